The maximum atomic E-state index is 12.9. The molecule has 162 valence electrons. The quantitative estimate of drug-likeness (QED) is 0.180. The van der Waals surface area contributed by atoms with Crippen molar-refractivity contribution in [1.29, 1.82) is 0 Å². The van der Waals surface area contributed by atoms with Crippen LogP contribution in [-0.2, 0) is 19.7 Å². The number of pyridine rings is 1. The summed E-state index contributed by atoms with van der Waals surface area (Å²) in [6.45, 7) is 1.46. The van der Waals surface area contributed by atoms with E-state index in [0.29, 0.717) is 10.7 Å². The number of halogens is 1. The molecule has 1 unspecified atom stereocenters. The minimum absolute atomic E-state index is 0.0275. The first-order valence-electron chi connectivity index (χ1n) is 8.53. The third kappa shape index (κ3) is 5.64. The zero-order chi connectivity index (χ0) is 22.5. The number of sulfonamides is 1. The number of rotatable bonds is 9. The number of nitrogens with zero attached hydrogens (tertiary/aromatic N) is 2. The Balaban J connectivity index is 2.37. The Kier molecular flexibility index (Phi) is 7.29. The average Bonchev–Trinajstić information content (AvgIpc) is 2.65. The van der Waals surface area contributed by atoms with Crippen molar-refractivity contribution in [2.75, 3.05) is 11.3 Å². The zero-order valence-electron chi connectivity index (χ0n) is 15.9. The number of nitrogens with two attached hydrogens (primary N) is 3. The largest absolute Gasteiger partial charge is 0.393 e. The molecule has 30 heavy (non-hydrogen) atoms. The molecule has 11 nitrogen and oxygen atoms in total. The van der Waals surface area contributed by atoms with Crippen LogP contribution >= 0.6 is 11.6 Å². The fourth-order valence-electron chi connectivity index (χ4n) is 2.61. The number of anilines is 1. The molecule has 0 bridgehead atoms. The van der Waals surface area contributed by atoms with Crippen LogP contribution in [0.5, 0.6) is 0 Å². The molecule has 0 radical (unpaired) electrons. The van der Waals surface area contributed by atoms with Crippen molar-refractivity contribution < 1.29 is 18.0 Å². The summed E-state index contributed by atoms with van der Waals surface area (Å²) in [6, 6.07) is 7.07. The number of aryl methyl sites for hydroxylation is 1. The Morgan fingerprint density at radius 3 is 2.40 bits per heavy atom. The van der Waals surface area contributed by atoms with E-state index in [1.807, 2.05) is 0 Å². The van der Waals surface area contributed by atoms with E-state index in [0.717, 1.165) is 4.57 Å². The Morgan fingerprint density at radius 2 is 1.83 bits per heavy atom. The van der Waals surface area contributed by atoms with Gasteiger partial charge in [0, 0.05) is 17.1 Å². The standard InChI is InChI=1S/C17H21ClN6O5S/c1-10-2-7-13(23-30(27,28)12-5-3-11(18)4-6-12)16(26)24(10)14(15(19)25)8-9-29-22-17(20)21/h2-7,14,23H,8-9H2,1H3,(H2,19,25)(H4,20,21,22). The predicted molar refractivity (Wildman–Crippen MR) is 112 cm³/mol. The second-order valence-corrected chi connectivity index (χ2v) is 8.30. The van der Waals surface area contributed by atoms with Gasteiger partial charge in [-0.05, 0) is 48.5 Å². The van der Waals surface area contributed by atoms with Crippen LogP contribution in [0, 0.1) is 6.92 Å². The minimum atomic E-state index is -4.07. The van der Waals surface area contributed by atoms with Crippen molar-refractivity contribution in [2.24, 2.45) is 22.4 Å². The van der Waals surface area contributed by atoms with E-state index in [-0.39, 0.29) is 29.6 Å². The number of primary amides is 1. The lowest BCUT2D eigenvalue weighted by Gasteiger charge is -2.20. The molecular formula is C17H21ClN6O5S. The van der Waals surface area contributed by atoms with Crippen LogP contribution in [0.15, 0.2) is 51.2 Å². The monoisotopic (exact) mass is 456 g/mol. The number of amides is 1. The predicted octanol–water partition coefficient (Wildman–Crippen LogP) is 0.232. The van der Waals surface area contributed by atoms with Gasteiger partial charge >= 0.3 is 0 Å². The van der Waals surface area contributed by atoms with E-state index >= 15 is 0 Å². The van der Waals surface area contributed by atoms with Gasteiger partial charge in [0.05, 0.1) is 4.90 Å². The first-order valence-corrected chi connectivity index (χ1v) is 10.4. The van der Waals surface area contributed by atoms with Crippen molar-refractivity contribution in [3.63, 3.8) is 0 Å². The van der Waals surface area contributed by atoms with Crippen molar-refractivity contribution in [3.8, 4) is 0 Å². The summed E-state index contributed by atoms with van der Waals surface area (Å²) in [6.07, 6.45) is -0.0275. The Hall–Kier alpha value is -3.25. The van der Waals surface area contributed by atoms with Crippen molar-refractivity contribution in [1.82, 2.24) is 4.57 Å². The summed E-state index contributed by atoms with van der Waals surface area (Å²) < 4.78 is 28.5. The van der Waals surface area contributed by atoms with E-state index in [1.54, 1.807) is 6.92 Å². The molecule has 1 aromatic heterocycles. The first-order chi connectivity index (χ1) is 14.0. The number of carbonyl (C=O) groups excluding carboxylic acids is 1. The van der Waals surface area contributed by atoms with Crippen LogP contribution < -0.4 is 27.5 Å². The van der Waals surface area contributed by atoms with Crippen LogP contribution in [0.1, 0.15) is 18.2 Å². The third-order valence-electron chi connectivity index (χ3n) is 3.98. The molecule has 1 heterocycles. The highest BCUT2D eigenvalue weighted by Crippen LogP contribution is 2.19. The minimum Gasteiger partial charge on any atom is -0.393 e. The molecule has 2 aromatic rings. The summed E-state index contributed by atoms with van der Waals surface area (Å²) in [5.41, 5.74) is 15.1. The number of aromatic nitrogens is 1. The number of benzene rings is 1. The number of nitrogens with one attached hydrogen (secondary N) is 1. The van der Waals surface area contributed by atoms with E-state index in [9.17, 15) is 18.0 Å². The molecular weight excluding hydrogens is 436 g/mol. The number of carbonyl (C=O) groups is 1. The van der Waals surface area contributed by atoms with Gasteiger partial charge in [-0.1, -0.05) is 11.6 Å². The van der Waals surface area contributed by atoms with E-state index in [1.165, 1.54) is 36.4 Å². The van der Waals surface area contributed by atoms with Gasteiger partial charge in [0.2, 0.25) is 11.9 Å². The summed E-state index contributed by atoms with van der Waals surface area (Å²) in [5, 5.41) is 3.69. The summed E-state index contributed by atoms with van der Waals surface area (Å²) >= 11 is 5.77. The zero-order valence-corrected chi connectivity index (χ0v) is 17.5. The molecule has 0 spiro atoms. The summed E-state index contributed by atoms with van der Waals surface area (Å²) in [7, 11) is -4.07. The third-order valence-corrected chi connectivity index (χ3v) is 5.61. The first kappa shape index (κ1) is 23.0. The summed E-state index contributed by atoms with van der Waals surface area (Å²) in [4.78, 5) is 29.7. The lowest BCUT2D eigenvalue weighted by atomic mass is 10.1. The SMILES string of the molecule is Cc1ccc(NS(=O)(=O)c2ccc(Cl)cc2)c(=O)n1C(CCON=C(N)N)C(N)=O. The Labute approximate surface area is 177 Å². The lowest BCUT2D eigenvalue weighted by molar-refractivity contribution is -0.121. The van der Waals surface area contributed by atoms with Gasteiger partial charge in [-0.15, -0.1) is 0 Å². The molecule has 0 saturated carbocycles. The van der Waals surface area contributed by atoms with Crippen LogP contribution in [0.4, 0.5) is 5.69 Å². The van der Waals surface area contributed by atoms with E-state index in [4.69, 9.17) is 33.6 Å². The molecule has 0 fully saturated rings. The van der Waals surface area contributed by atoms with Crippen LogP contribution in [-0.4, -0.2) is 31.5 Å². The maximum absolute atomic E-state index is 12.9. The Bertz CT molecular complexity index is 1110. The van der Waals surface area contributed by atoms with Crippen LogP contribution in [0.25, 0.3) is 0 Å². The van der Waals surface area contributed by atoms with Crippen molar-refractivity contribution in [2.45, 2.75) is 24.3 Å². The van der Waals surface area contributed by atoms with E-state index < -0.39 is 27.5 Å². The number of hydrogen-bond donors (Lipinski definition) is 4. The Morgan fingerprint density at radius 1 is 1.20 bits per heavy atom. The molecule has 0 aliphatic heterocycles. The molecule has 13 heteroatoms. The van der Waals surface area contributed by atoms with Gasteiger partial charge in [0.1, 0.15) is 18.3 Å². The van der Waals surface area contributed by atoms with E-state index in [2.05, 4.69) is 9.88 Å². The normalized spacial score (nSPS) is 12.1. The van der Waals surface area contributed by atoms with Crippen LogP contribution in [0.3, 0.4) is 0 Å². The molecule has 0 saturated heterocycles. The highest BCUT2D eigenvalue weighted by atomic mass is 35.5. The smallest absolute Gasteiger partial charge is 0.275 e. The fraction of sp³-hybridized carbons (Fsp3) is 0.235. The molecule has 1 amide bonds. The second kappa shape index (κ2) is 9.50. The topological polar surface area (TPSA) is 185 Å². The van der Waals surface area contributed by atoms with Gasteiger partial charge < -0.3 is 22.0 Å². The lowest BCUT2D eigenvalue weighted by Crippen LogP contribution is -2.37. The number of guanidine groups is 1. The highest BCUT2D eigenvalue weighted by molar-refractivity contribution is 7.92. The number of oxime groups is 1. The molecule has 2 rings (SSSR count). The molecule has 1 aromatic carbocycles. The van der Waals surface area contributed by atoms with Gasteiger partial charge in [0.25, 0.3) is 15.6 Å². The van der Waals surface area contributed by atoms with Gasteiger partial charge in [-0.3, -0.25) is 18.9 Å². The fourth-order valence-corrected chi connectivity index (χ4v) is 3.79. The molecule has 7 N–H and O–H groups in total. The van der Waals surface area contributed by atoms with Gasteiger partial charge in [0.15, 0.2) is 0 Å². The van der Waals surface area contributed by atoms with Gasteiger partial charge in [-0.2, -0.15) is 0 Å². The number of hydrogen-bond acceptors (Lipinski definition) is 6. The van der Waals surface area contributed by atoms with Crippen LogP contribution in [0.2, 0.25) is 5.02 Å². The molecule has 1 atom stereocenters. The average molecular weight is 457 g/mol. The molecule has 0 aliphatic rings. The van der Waals surface area contributed by atoms with Crippen molar-refractivity contribution in [3.05, 3.63) is 57.5 Å². The van der Waals surface area contributed by atoms with Crippen molar-refractivity contribution >= 4 is 39.2 Å². The summed E-state index contributed by atoms with van der Waals surface area (Å²) in [5.74, 6) is -1.12. The van der Waals surface area contributed by atoms with Gasteiger partial charge in [-0.25, -0.2) is 8.42 Å². The molecule has 0 aliphatic carbocycles. The highest BCUT2D eigenvalue weighted by Gasteiger charge is 2.24. The second-order valence-electron chi connectivity index (χ2n) is 6.18. The maximum Gasteiger partial charge on any atom is 0.275 e.